The van der Waals surface area contributed by atoms with Gasteiger partial charge in [0.15, 0.2) is 0 Å². The molecule has 1 aliphatic rings. The number of hydrogen-bond acceptors (Lipinski definition) is 3. The highest BCUT2D eigenvalue weighted by Gasteiger charge is 2.27. The van der Waals surface area contributed by atoms with Crippen LogP contribution in [-0.4, -0.2) is 35.8 Å². The van der Waals surface area contributed by atoms with Crippen LogP contribution >= 0.6 is 24.2 Å². The van der Waals surface area contributed by atoms with Crippen LogP contribution < -0.4 is 5.32 Å². The number of carbonyl (C=O) groups excluding carboxylic acids is 2. The largest absolute Gasteiger partial charge is 0.349 e. The van der Waals surface area contributed by atoms with Gasteiger partial charge in [-0.3, -0.25) is 9.59 Å². The van der Waals surface area contributed by atoms with Crippen molar-refractivity contribution in [2.24, 2.45) is 0 Å². The van der Waals surface area contributed by atoms with Crippen molar-refractivity contribution >= 4 is 36.0 Å². The van der Waals surface area contributed by atoms with Gasteiger partial charge in [0, 0.05) is 24.0 Å². The van der Waals surface area contributed by atoms with E-state index in [-0.39, 0.29) is 22.5 Å². The minimum absolute atomic E-state index is 0.0458. The highest BCUT2D eigenvalue weighted by Crippen LogP contribution is 2.23. The molecule has 26 heavy (non-hydrogen) atoms. The maximum Gasteiger partial charge on any atom is 0.258 e. The summed E-state index contributed by atoms with van der Waals surface area (Å²) >= 11 is 10.3. The zero-order chi connectivity index (χ0) is 18.7. The summed E-state index contributed by atoms with van der Waals surface area (Å²) in [7, 11) is 0. The van der Waals surface area contributed by atoms with Crippen LogP contribution in [0, 0.1) is 5.82 Å². The molecule has 1 N–H and O–H groups in total. The highest BCUT2D eigenvalue weighted by molar-refractivity contribution is 7.80. The molecular formula is C19H18ClFN2O2S. The molecule has 0 bridgehead atoms. The Hall–Kier alpha value is -2.05. The summed E-state index contributed by atoms with van der Waals surface area (Å²) < 4.78 is 13.9. The number of carbonyl (C=O) groups is 2. The molecule has 0 aromatic heterocycles. The second-order valence-electron chi connectivity index (χ2n) is 6.15. The molecule has 0 unspecified atom stereocenters. The molecule has 0 aliphatic carbocycles. The van der Waals surface area contributed by atoms with Gasteiger partial charge in [-0.25, -0.2) is 4.39 Å². The van der Waals surface area contributed by atoms with Crippen molar-refractivity contribution in [2.75, 3.05) is 13.1 Å². The van der Waals surface area contributed by atoms with Crippen LogP contribution in [0.3, 0.4) is 0 Å². The lowest BCUT2D eigenvalue weighted by Gasteiger charge is -2.32. The second-order valence-corrected chi connectivity index (χ2v) is 7.04. The van der Waals surface area contributed by atoms with Gasteiger partial charge in [0.1, 0.15) is 5.82 Å². The smallest absolute Gasteiger partial charge is 0.258 e. The molecule has 3 rings (SSSR count). The molecule has 0 atom stereocenters. The summed E-state index contributed by atoms with van der Waals surface area (Å²) in [6.45, 7) is 0.855. The van der Waals surface area contributed by atoms with Gasteiger partial charge in [0.25, 0.3) is 11.8 Å². The van der Waals surface area contributed by atoms with E-state index in [1.807, 2.05) is 6.07 Å². The number of nitrogens with one attached hydrogen (secondary N) is 1. The first kappa shape index (κ1) is 18.7. The van der Waals surface area contributed by atoms with E-state index < -0.39 is 11.7 Å². The number of hydrogen-bond donors (Lipinski definition) is 2. The van der Waals surface area contributed by atoms with Crippen LogP contribution in [0.2, 0.25) is 5.02 Å². The predicted molar refractivity (Wildman–Crippen MR) is 101 cm³/mol. The Labute approximate surface area is 161 Å². The first-order chi connectivity index (χ1) is 12.5. The fourth-order valence-electron chi connectivity index (χ4n) is 3.02. The molecule has 7 heteroatoms. The number of piperidine rings is 1. The maximum atomic E-state index is 13.9. The third-order valence-corrected chi connectivity index (χ3v) is 5.15. The molecule has 1 heterocycles. The molecule has 0 saturated carbocycles. The van der Waals surface area contributed by atoms with Crippen LogP contribution in [-0.2, 0) is 0 Å². The Morgan fingerprint density at radius 1 is 1.12 bits per heavy atom. The van der Waals surface area contributed by atoms with E-state index in [9.17, 15) is 14.0 Å². The summed E-state index contributed by atoms with van der Waals surface area (Å²) in [6, 6.07) is 11.2. The number of nitrogens with zero attached hydrogens (tertiary/aromatic N) is 1. The first-order valence-electron chi connectivity index (χ1n) is 8.29. The van der Waals surface area contributed by atoms with Crippen LogP contribution in [0.4, 0.5) is 4.39 Å². The lowest BCUT2D eigenvalue weighted by molar-refractivity contribution is 0.0693. The zero-order valence-corrected chi connectivity index (χ0v) is 15.6. The van der Waals surface area contributed by atoms with Gasteiger partial charge in [-0.05, 0) is 37.1 Å². The Morgan fingerprint density at radius 2 is 1.81 bits per heavy atom. The van der Waals surface area contributed by atoms with Gasteiger partial charge in [-0.1, -0.05) is 29.8 Å². The van der Waals surface area contributed by atoms with Crippen molar-refractivity contribution in [3.8, 4) is 0 Å². The minimum atomic E-state index is -0.622. The third-order valence-electron chi connectivity index (χ3n) is 4.44. The van der Waals surface area contributed by atoms with Crippen molar-refractivity contribution in [3.63, 3.8) is 0 Å². The van der Waals surface area contributed by atoms with E-state index in [1.165, 1.54) is 18.2 Å². The summed E-state index contributed by atoms with van der Waals surface area (Å²) in [5.41, 5.74) is 0.424. The lowest BCUT2D eigenvalue weighted by Crippen LogP contribution is -2.46. The summed E-state index contributed by atoms with van der Waals surface area (Å²) in [5.74, 6) is -1.22. The van der Waals surface area contributed by atoms with E-state index >= 15 is 0 Å². The SMILES string of the molecule is O=C(NC1CCN(C(=O)c2c(F)cccc2Cl)CC1)c1ccccc1S. The lowest BCUT2D eigenvalue weighted by atomic mass is 10.0. The third kappa shape index (κ3) is 4.02. The molecule has 2 aromatic carbocycles. The van der Waals surface area contributed by atoms with Crippen LogP contribution in [0.1, 0.15) is 33.6 Å². The maximum absolute atomic E-state index is 13.9. The van der Waals surface area contributed by atoms with Gasteiger partial charge in [-0.15, -0.1) is 12.6 Å². The van der Waals surface area contributed by atoms with Crippen LogP contribution in [0.5, 0.6) is 0 Å². The van der Waals surface area contributed by atoms with E-state index in [1.54, 1.807) is 23.1 Å². The normalized spacial score (nSPS) is 15.0. The van der Waals surface area contributed by atoms with Gasteiger partial charge < -0.3 is 10.2 Å². The second kappa shape index (κ2) is 8.10. The summed E-state index contributed by atoms with van der Waals surface area (Å²) in [5, 5.41) is 3.08. The molecule has 1 saturated heterocycles. The molecule has 1 fully saturated rings. The molecule has 0 spiro atoms. The van der Waals surface area contributed by atoms with Crippen LogP contribution in [0.25, 0.3) is 0 Å². The topological polar surface area (TPSA) is 49.4 Å². The minimum Gasteiger partial charge on any atom is -0.349 e. The number of likely N-dealkylation sites (tertiary alicyclic amines) is 1. The zero-order valence-electron chi connectivity index (χ0n) is 13.9. The standard InChI is InChI=1S/C19H18ClFN2O2S/c20-14-5-3-6-15(21)17(14)19(25)23-10-8-12(9-11-23)22-18(24)13-4-1-2-7-16(13)26/h1-7,12,26H,8-11H2,(H,22,24). The van der Waals surface area contributed by atoms with E-state index in [2.05, 4.69) is 17.9 Å². The molecule has 2 amide bonds. The average Bonchev–Trinajstić information content (AvgIpc) is 2.62. The Balaban J connectivity index is 1.60. The summed E-state index contributed by atoms with van der Waals surface area (Å²) in [6.07, 6.45) is 1.19. The van der Waals surface area contributed by atoms with Crippen molar-refractivity contribution in [1.82, 2.24) is 10.2 Å². The van der Waals surface area contributed by atoms with Gasteiger partial charge in [0.2, 0.25) is 0 Å². The quantitative estimate of drug-likeness (QED) is 0.780. The monoisotopic (exact) mass is 392 g/mol. The molecular weight excluding hydrogens is 375 g/mol. The molecule has 136 valence electrons. The fraction of sp³-hybridized carbons (Fsp3) is 0.263. The molecule has 4 nitrogen and oxygen atoms in total. The fourth-order valence-corrected chi connectivity index (χ4v) is 3.52. The number of benzene rings is 2. The van der Waals surface area contributed by atoms with Gasteiger partial charge in [-0.2, -0.15) is 0 Å². The first-order valence-corrected chi connectivity index (χ1v) is 9.12. The van der Waals surface area contributed by atoms with Crippen molar-refractivity contribution in [2.45, 2.75) is 23.8 Å². The van der Waals surface area contributed by atoms with Gasteiger partial charge in [0.05, 0.1) is 16.1 Å². The van der Waals surface area contributed by atoms with E-state index in [0.29, 0.717) is 36.4 Å². The van der Waals surface area contributed by atoms with Crippen molar-refractivity contribution in [3.05, 3.63) is 64.4 Å². The number of thiol groups is 1. The summed E-state index contributed by atoms with van der Waals surface area (Å²) in [4.78, 5) is 27.1. The van der Waals surface area contributed by atoms with Crippen LogP contribution in [0.15, 0.2) is 47.4 Å². The number of amides is 2. The number of rotatable bonds is 3. The predicted octanol–water partition coefficient (Wildman–Crippen LogP) is 3.80. The Bertz CT molecular complexity index is 818. The Kier molecular flexibility index (Phi) is 5.84. The molecule has 1 aliphatic heterocycles. The molecule has 0 radical (unpaired) electrons. The van der Waals surface area contributed by atoms with E-state index in [4.69, 9.17) is 11.6 Å². The van der Waals surface area contributed by atoms with E-state index in [0.717, 1.165) is 0 Å². The number of halogens is 2. The molecule has 2 aromatic rings. The van der Waals surface area contributed by atoms with Crippen molar-refractivity contribution in [1.29, 1.82) is 0 Å². The average molecular weight is 393 g/mol. The van der Waals surface area contributed by atoms with Crippen molar-refractivity contribution < 1.29 is 14.0 Å². The Morgan fingerprint density at radius 3 is 2.46 bits per heavy atom. The highest BCUT2D eigenvalue weighted by atomic mass is 35.5. The van der Waals surface area contributed by atoms with Gasteiger partial charge >= 0.3 is 0 Å².